The highest BCUT2D eigenvalue weighted by Crippen LogP contribution is 2.48. The third-order valence-electron chi connectivity index (χ3n) is 6.09. The van der Waals surface area contributed by atoms with Crippen molar-refractivity contribution in [2.45, 2.75) is 31.6 Å². The number of nitrogens with zero attached hydrogens (tertiary/aromatic N) is 6. The van der Waals surface area contributed by atoms with E-state index in [-0.39, 0.29) is 23.9 Å². The second-order valence-corrected chi connectivity index (χ2v) is 8.21. The van der Waals surface area contributed by atoms with Crippen molar-refractivity contribution < 1.29 is 14.1 Å². The fourth-order valence-corrected chi connectivity index (χ4v) is 4.07. The molecule has 3 heterocycles. The highest BCUT2D eigenvalue weighted by Gasteiger charge is 2.44. The number of ether oxygens (including phenoxy) is 1. The Morgan fingerprint density at radius 3 is 2.46 bits per heavy atom. The van der Waals surface area contributed by atoms with Crippen molar-refractivity contribution in [2.24, 2.45) is 0 Å². The number of rotatable bonds is 8. The second kappa shape index (κ2) is 9.45. The lowest BCUT2D eigenvalue weighted by molar-refractivity contribution is -0.140. The number of anilines is 2. The maximum absolute atomic E-state index is 11.5. The monoisotopic (exact) mass is 472 g/mol. The van der Waals surface area contributed by atoms with Crippen molar-refractivity contribution in [3.8, 4) is 22.7 Å². The molecule has 0 unspecified atom stereocenters. The van der Waals surface area contributed by atoms with Crippen molar-refractivity contribution in [3.05, 3.63) is 60.4 Å². The van der Waals surface area contributed by atoms with E-state index in [1.54, 1.807) is 19.3 Å². The maximum Gasteiger partial charge on any atom is 0.325 e. The fourth-order valence-electron chi connectivity index (χ4n) is 4.07. The van der Waals surface area contributed by atoms with E-state index in [9.17, 15) is 4.79 Å². The molecule has 1 fully saturated rings. The van der Waals surface area contributed by atoms with Crippen LogP contribution in [-0.2, 0) is 14.9 Å². The van der Waals surface area contributed by atoms with Gasteiger partial charge in [0, 0.05) is 18.0 Å². The lowest BCUT2D eigenvalue weighted by Gasteiger charge is -2.39. The number of hydrogen-bond donors (Lipinski definition) is 2. The van der Waals surface area contributed by atoms with E-state index in [0.29, 0.717) is 29.8 Å². The van der Waals surface area contributed by atoms with Gasteiger partial charge >= 0.3 is 5.97 Å². The summed E-state index contributed by atoms with van der Waals surface area (Å²) in [5, 5.41) is 7.16. The van der Waals surface area contributed by atoms with Gasteiger partial charge in [-0.3, -0.25) is 4.79 Å². The third-order valence-corrected chi connectivity index (χ3v) is 6.09. The number of esters is 1. The number of aromatic nitrogens is 6. The van der Waals surface area contributed by atoms with Gasteiger partial charge in [0.1, 0.15) is 18.1 Å². The summed E-state index contributed by atoms with van der Waals surface area (Å²) in [5.74, 6) is 1.27. The predicted octanol–water partition coefficient (Wildman–Crippen LogP) is 3.01. The quantitative estimate of drug-likeness (QED) is 0.363. The van der Waals surface area contributed by atoms with Crippen LogP contribution in [0.3, 0.4) is 0 Å². The number of carbonyl (C=O) groups excluding carboxylic acids is 1. The molecule has 11 heteroatoms. The zero-order chi connectivity index (χ0) is 24.3. The summed E-state index contributed by atoms with van der Waals surface area (Å²) in [6.07, 6.45) is 9.40. The SMILES string of the molecule is CCOC(=O)CNc1cnc(-c2nc(C3(c4ccc(-c5cnc(N)nc5)cc4)CCC3)no2)cn1. The molecule has 178 valence electrons. The Bertz CT molecular complexity index is 1300. The van der Waals surface area contributed by atoms with Gasteiger partial charge in [0.2, 0.25) is 5.95 Å². The van der Waals surface area contributed by atoms with Gasteiger partial charge in [-0.15, -0.1) is 0 Å². The van der Waals surface area contributed by atoms with Gasteiger partial charge in [-0.1, -0.05) is 35.8 Å². The van der Waals surface area contributed by atoms with Crippen LogP contribution in [0, 0.1) is 0 Å². The molecule has 0 spiro atoms. The van der Waals surface area contributed by atoms with Crippen molar-refractivity contribution in [1.29, 1.82) is 0 Å². The Hall–Kier alpha value is -4.41. The molecule has 1 aromatic carbocycles. The number of hydrogen-bond acceptors (Lipinski definition) is 11. The molecule has 1 aliphatic rings. The highest BCUT2D eigenvalue weighted by molar-refractivity contribution is 5.74. The minimum Gasteiger partial charge on any atom is -0.465 e. The van der Waals surface area contributed by atoms with E-state index in [0.717, 1.165) is 36.0 Å². The Morgan fingerprint density at radius 2 is 1.83 bits per heavy atom. The Kier molecular flexibility index (Phi) is 6.04. The fraction of sp³-hybridized carbons (Fsp3) is 0.292. The second-order valence-electron chi connectivity index (χ2n) is 8.21. The summed E-state index contributed by atoms with van der Waals surface area (Å²) in [5.41, 5.74) is 8.77. The molecule has 5 rings (SSSR count). The van der Waals surface area contributed by atoms with Crippen molar-refractivity contribution in [2.75, 3.05) is 24.2 Å². The molecule has 3 aromatic heterocycles. The summed E-state index contributed by atoms with van der Waals surface area (Å²) in [7, 11) is 0. The lowest BCUT2D eigenvalue weighted by Crippen LogP contribution is -2.36. The average Bonchev–Trinajstić information content (AvgIpc) is 3.34. The van der Waals surface area contributed by atoms with E-state index < -0.39 is 0 Å². The lowest BCUT2D eigenvalue weighted by atomic mass is 9.64. The number of carbonyl (C=O) groups is 1. The number of nitrogens with one attached hydrogen (secondary N) is 1. The molecule has 1 aliphatic carbocycles. The number of benzene rings is 1. The van der Waals surface area contributed by atoms with E-state index in [2.05, 4.69) is 47.5 Å². The van der Waals surface area contributed by atoms with Gasteiger partial charge in [-0.2, -0.15) is 4.98 Å². The number of nitrogen functional groups attached to an aromatic ring is 1. The van der Waals surface area contributed by atoms with Crippen LogP contribution >= 0.6 is 0 Å². The van der Waals surface area contributed by atoms with Crippen molar-refractivity contribution in [1.82, 2.24) is 30.1 Å². The smallest absolute Gasteiger partial charge is 0.325 e. The third kappa shape index (κ3) is 4.52. The molecule has 0 aliphatic heterocycles. The molecule has 11 nitrogen and oxygen atoms in total. The van der Waals surface area contributed by atoms with Crippen molar-refractivity contribution in [3.63, 3.8) is 0 Å². The summed E-state index contributed by atoms with van der Waals surface area (Å²) in [4.78, 5) is 32.9. The molecule has 35 heavy (non-hydrogen) atoms. The van der Waals surface area contributed by atoms with E-state index in [1.807, 2.05) is 12.1 Å². The van der Waals surface area contributed by atoms with E-state index in [1.165, 1.54) is 12.4 Å². The van der Waals surface area contributed by atoms with Crippen LogP contribution in [0.25, 0.3) is 22.7 Å². The first kappa shape index (κ1) is 22.4. The normalized spacial score (nSPS) is 14.2. The summed E-state index contributed by atoms with van der Waals surface area (Å²) >= 11 is 0. The summed E-state index contributed by atoms with van der Waals surface area (Å²) in [6.45, 7) is 2.10. The van der Waals surface area contributed by atoms with Gasteiger partial charge in [0.15, 0.2) is 5.82 Å². The largest absolute Gasteiger partial charge is 0.465 e. The molecule has 0 bridgehead atoms. The van der Waals surface area contributed by atoms with Crippen LogP contribution in [-0.4, -0.2) is 49.2 Å². The van der Waals surface area contributed by atoms with Crippen molar-refractivity contribution >= 4 is 17.7 Å². The minimum absolute atomic E-state index is 0.0131. The van der Waals surface area contributed by atoms with Crippen LogP contribution in [0.2, 0.25) is 0 Å². The van der Waals surface area contributed by atoms with Gasteiger partial charge in [0.05, 0.1) is 24.4 Å². The first-order valence-electron chi connectivity index (χ1n) is 11.3. The van der Waals surface area contributed by atoms with Gasteiger partial charge in [0.25, 0.3) is 5.89 Å². The zero-order valence-corrected chi connectivity index (χ0v) is 19.1. The average molecular weight is 473 g/mol. The van der Waals surface area contributed by atoms with Crippen LogP contribution in [0.4, 0.5) is 11.8 Å². The molecule has 0 amide bonds. The van der Waals surface area contributed by atoms with Gasteiger partial charge < -0.3 is 20.3 Å². The zero-order valence-electron chi connectivity index (χ0n) is 19.1. The number of nitrogens with two attached hydrogens (primary N) is 1. The Labute approximate surface area is 201 Å². The molecule has 0 saturated heterocycles. The topological polar surface area (TPSA) is 155 Å². The summed E-state index contributed by atoms with van der Waals surface area (Å²) in [6, 6.07) is 8.26. The Morgan fingerprint density at radius 1 is 1.06 bits per heavy atom. The standard InChI is InChI=1S/C24H24N8O3/c1-2-34-20(33)14-28-19-13-26-18(12-27-19)21-31-22(32-35-21)24(8-3-9-24)17-6-4-15(5-7-17)16-10-29-23(25)30-11-16/h4-7,10-13H,2-3,8-9,14H2,1H3,(H,27,28)(H2,25,29,30). The summed E-state index contributed by atoms with van der Waals surface area (Å²) < 4.78 is 10.4. The molecule has 1 saturated carbocycles. The minimum atomic E-state index is -0.361. The first-order valence-corrected chi connectivity index (χ1v) is 11.3. The molecule has 4 aromatic rings. The molecule has 0 atom stereocenters. The molecule has 0 radical (unpaired) electrons. The molecule has 3 N–H and O–H groups in total. The van der Waals surface area contributed by atoms with Crippen LogP contribution < -0.4 is 11.1 Å². The highest BCUT2D eigenvalue weighted by atomic mass is 16.5. The predicted molar refractivity (Wildman–Crippen MR) is 127 cm³/mol. The van der Waals surface area contributed by atoms with E-state index >= 15 is 0 Å². The molecular weight excluding hydrogens is 448 g/mol. The maximum atomic E-state index is 11.5. The van der Waals surface area contributed by atoms with E-state index in [4.69, 9.17) is 15.0 Å². The van der Waals surface area contributed by atoms with Crippen LogP contribution in [0.1, 0.15) is 37.6 Å². The first-order chi connectivity index (χ1) is 17.1. The molecular formula is C24H24N8O3. The van der Waals surface area contributed by atoms with Gasteiger partial charge in [-0.05, 0) is 30.9 Å². The van der Waals surface area contributed by atoms with Crippen LogP contribution in [0.5, 0.6) is 0 Å². The van der Waals surface area contributed by atoms with Gasteiger partial charge in [-0.25, -0.2) is 19.9 Å². The van der Waals surface area contributed by atoms with Crippen LogP contribution in [0.15, 0.2) is 53.6 Å². The Balaban J connectivity index is 1.32.